The normalized spacial score (nSPS) is 12.4. The number of nitrogens with zero attached hydrogens (tertiary/aromatic N) is 5. The van der Waals surface area contributed by atoms with Gasteiger partial charge in [0.2, 0.25) is 18.6 Å². The molecule has 270 valence electrons. The van der Waals surface area contributed by atoms with Gasteiger partial charge in [-0.05, 0) is 47.5 Å². The molecule has 12 rings (SSSR count). The van der Waals surface area contributed by atoms with Crippen molar-refractivity contribution >= 4 is 78.5 Å². The lowest BCUT2D eigenvalue weighted by Crippen LogP contribution is -2.56. The minimum Gasteiger partial charge on any atom is -0.278 e. The summed E-state index contributed by atoms with van der Waals surface area (Å²) in [5.41, 5.74) is 11.1. The van der Waals surface area contributed by atoms with E-state index in [9.17, 15) is 0 Å². The summed E-state index contributed by atoms with van der Waals surface area (Å²) in [4.78, 5) is 19.0. The second-order valence-corrected chi connectivity index (χ2v) is 15.8. The van der Waals surface area contributed by atoms with Crippen LogP contribution < -0.4 is 16.4 Å². The molecule has 0 bridgehead atoms. The van der Waals surface area contributed by atoms with Gasteiger partial charge < -0.3 is 0 Å². The summed E-state index contributed by atoms with van der Waals surface area (Å²) in [7, 11) is 0. The third-order valence-corrected chi connectivity index (χ3v) is 12.8. The fourth-order valence-corrected chi connectivity index (χ4v) is 10.2. The van der Waals surface area contributed by atoms with Crippen LogP contribution in [0, 0.1) is 0 Å². The van der Waals surface area contributed by atoms with Crippen LogP contribution >= 0.6 is 11.8 Å². The average Bonchev–Trinajstić information content (AvgIpc) is 3.81. The maximum Gasteiger partial charge on any atom is 0.245 e. The number of benzene rings is 8. The largest absolute Gasteiger partial charge is 0.278 e. The molecule has 1 aliphatic heterocycles. The third-order valence-electron chi connectivity index (χ3n) is 11.6. The van der Waals surface area contributed by atoms with E-state index in [0.717, 1.165) is 60.3 Å². The number of para-hydroxylation sites is 4. The van der Waals surface area contributed by atoms with Crippen molar-refractivity contribution in [2.24, 2.45) is 0 Å². The van der Waals surface area contributed by atoms with Crippen LogP contribution in [-0.2, 0) is 0 Å². The Bertz CT molecular complexity index is 3120. The van der Waals surface area contributed by atoms with Gasteiger partial charge in [0.05, 0.1) is 22.1 Å². The van der Waals surface area contributed by atoms with E-state index < -0.39 is 0 Å². The molecule has 11 aromatic rings. The number of rotatable bonds is 5. The highest BCUT2D eigenvalue weighted by atomic mass is 32.2. The molecule has 0 spiro atoms. The van der Waals surface area contributed by atoms with E-state index in [1.54, 1.807) is 0 Å². The summed E-state index contributed by atoms with van der Waals surface area (Å²) >= 11 is 1.84. The lowest BCUT2D eigenvalue weighted by molar-refractivity contribution is 0.893. The van der Waals surface area contributed by atoms with Crippen LogP contribution in [0.15, 0.2) is 204 Å². The van der Waals surface area contributed by atoms with Crippen molar-refractivity contribution in [2.75, 3.05) is 0 Å². The Labute approximate surface area is 339 Å². The first-order valence-electron chi connectivity index (χ1n) is 19.6. The molecule has 8 aromatic carbocycles. The summed E-state index contributed by atoms with van der Waals surface area (Å²) < 4.78 is 4.41. The van der Waals surface area contributed by atoms with E-state index in [1.165, 1.54) is 26.2 Å². The van der Waals surface area contributed by atoms with Crippen molar-refractivity contribution < 1.29 is 0 Å². The summed E-state index contributed by atoms with van der Waals surface area (Å²) in [6.07, 6.45) is 0. The molecule has 1 aliphatic rings. The Kier molecular flexibility index (Phi) is 7.50. The first kappa shape index (κ1) is 33.0. The van der Waals surface area contributed by atoms with Gasteiger partial charge in [0.1, 0.15) is 0 Å². The molecule has 7 heteroatoms. The molecule has 0 saturated carbocycles. The molecule has 5 nitrogen and oxygen atoms in total. The molecule has 0 unspecified atom stereocenters. The summed E-state index contributed by atoms with van der Waals surface area (Å²) in [6, 6.07) is 69.1. The third kappa shape index (κ3) is 5.03. The van der Waals surface area contributed by atoms with E-state index in [4.69, 9.17) is 15.0 Å². The topological polar surface area (TPSA) is 48.5 Å². The van der Waals surface area contributed by atoms with Gasteiger partial charge in [0.25, 0.3) is 0 Å². The van der Waals surface area contributed by atoms with Gasteiger partial charge in [0.15, 0.2) is 5.82 Å². The second-order valence-electron chi connectivity index (χ2n) is 14.7. The predicted octanol–water partition coefficient (Wildman–Crippen LogP) is 10.4. The summed E-state index contributed by atoms with van der Waals surface area (Å²) in [5, 5.41) is 4.60. The van der Waals surface area contributed by atoms with Crippen LogP contribution in [0.5, 0.6) is 0 Å². The quantitative estimate of drug-likeness (QED) is 0.164. The van der Waals surface area contributed by atoms with E-state index in [2.05, 4.69) is 203 Å². The fourth-order valence-electron chi connectivity index (χ4n) is 9.11. The molecule has 0 atom stereocenters. The van der Waals surface area contributed by atoms with E-state index in [-0.39, 0.29) is 6.71 Å². The molecule has 0 amide bonds. The highest BCUT2D eigenvalue weighted by molar-refractivity contribution is 8.00. The van der Waals surface area contributed by atoms with Crippen molar-refractivity contribution in [3.63, 3.8) is 0 Å². The Morgan fingerprint density at radius 1 is 0.362 bits per heavy atom. The van der Waals surface area contributed by atoms with Crippen molar-refractivity contribution in [1.82, 2.24) is 24.1 Å². The molecule has 4 heterocycles. The number of aromatic nitrogens is 5. The molecule has 0 aliphatic carbocycles. The van der Waals surface area contributed by atoms with Crippen LogP contribution in [0.3, 0.4) is 0 Å². The van der Waals surface area contributed by atoms with E-state index >= 15 is 0 Å². The standard InChI is InChI=1S/C51H32BN5S/c1-2-17-33(18-3-1)34-23-16-24-39(48(34)52-40-25-8-14-31-46(40)58-47-32-15-9-26-41(47)52)49-53-50(56-42-27-10-4-19-35(42)36-20-5-11-28-43(36)56)55-51(54-49)57-44-29-12-6-21-37(44)38-22-7-13-30-45(38)57/h1-32H. The van der Waals surface area contributed by atoms with Gasteiger partial charge in [0, 0.05) is 36.9 Å². The monoisotopic (exact) mass is 757 g/mol. The SMILES string of the molecule is c1ccc(-c2cccc(-c3nc(-n4c5ccccc5c5ccccc54)nc(-n4c5ccccc5c5ccccc54)n3)c2B2c3ccccc3Sc3ccccc32)cc1. The molecule has 0 radical (unpaired) electrons. The Morgan fingerprint density at radius 2 is 0.776 bits per heavy atom. The zero-order valence-electron chi connectivity index (χ0n) is 31.2. The van der Waals surface area contributed by atoms with E-state index in [0.29, 0.717) is 17.7 Å². The zero-order chi connectivity index (χ0) is 38.2. The van der Waals surface area contributed by atoms with Crippen LogP contribution in [0.4, 0.5) is 0 Å². The molecule has 58 heavy (non-hydrogen) atoms. The van der Waals surface area contributed by atoms with Gasteiger partial charge in [-0.15, -0.1) is 0 Å². The second kappa shape index (κ2) is 13.2. The van der Waals surface area contributed by atoms with Gasteiger partial charge in [-0.25, -0.2) is 0 Å². The van der Waals surface area contributed by atoms with Crippen molar-refractivity contribution in [2.45, 2.75) is 9.79 Å². The lowest BCUT2D eigenvalue weighted by Gasteiger charge is -2.29. The smallest absolute Gasteiger partial charge is 0.245 e. The molecular formula is C51H32BN5S. The van der Waals surface area contributed by atoms with Crippen molar-refractivity contribution in [3.8, 4) is 34.4 Å². The molecular weight excluding hydrogens is 725 g/mol. The fraction of sp³-hybridized carbons (Fsp3) is 0. The highest BCUT2D eigenvalue weighted by Gasteiger charge is 2.35. The van der Waals surface area contributed by atoms with Crippen molar-refractivity contribution in [3.05, 3.63) is 194 Å². The molecule has 0 saturated heterocycles. The lowest BCUT2D eigenvalue weighted by atomic mass is 9.35. The predicted molar refractivity (Wildman–Crippen MR) is 241 cm³/mol. The minimum atomic E-state index is -0.0785. The van der Waals surface area contributed by atoms with Crippen molar-refractivity contribution in [1.29, 1.82) is 0 Å². The first-order valence-corrected chi connectivity index (χ1v) is 20.4. The van der Waals surface area contributed by atoms with Crippen LogP contribution in [0.25, 0.3) is 78.0 Å². The van der Waals surface area contributed by atoms with Gasteiger partial charge in [-0.2, -0.15) is 15.0 Å². The summed E-state index contributed by atoms with van der Waals surface area (Å²) in [5.74, 6) is 1.75. The van der Waals surface area contributed by atoms with Crippen LogP contribution in [-0.4, -0.2) is 30.8 Å². The maximum atomic E-state index is 5.54. The Balaban J connectivity index is 1.22. The van der Waals surface area contributed by atoms with Gasteiger partial charge in [-0.3, -0.25) is 9.13 Å². The van der Waals surface area contributed by atoms with Crippen LogP contribution in [0.1, 0.15) is 0 Å². The van der Waals surface area contributed by atoms with Crippen LogP contribution in [0.2, 0.25) is 0 Å². The van der Waals surface area contributed by atoms with Gasteiger partial charge in [-0.1, -0.05) is 186 Å². The number of fused-ring (bicyclic) bond motifs is 8. The number of hydrogen-bond donors (Lipinski definition) is 0. The summed E-state index contributed by atoms with van der Waals surface area (Å²) in [6.45, 7) is -0.0785. The van der Waals surface area contributed by atoms with Gasteiger partial charge >= 0.3 is 0 Å². The minimum absolute atomic E-state index is 0.0785. The molecule has 0 fully saturated rings. The number of hydrogen-bond acceptors (Lipinski definition) is 4. The average molecular weight is 758 g/mol. The molecule has 0 N–H and O–H groups in total. The maximum absolute atomic E-state index is 5.54. The Hall–Kier alpha value is -7.22. The highest BCUT2D eigenvalue weighted by Crippen LogP contribution is 2.36. The zero-order valence-corrected chi connectivity index (χ0v) is 32.0. The Morgan fingerprint density at radius 3 is 1.28 bits per heavy atom. The van der Waals surface area contributed by atoms with E-state index in [1.807, 2.05) is 11.8 Å². The molecule has 3 aromatic heterocycles. The first-order chi connectivity index (χ1) is 28.8.